The lowest BCUT2D eigenvalue weighted by molar-refractivity contribution is -0.0117. The molecule has 1 aliphatic carbocycles. The highest BCUT2D eigenvalue weighted by Crippen LogP contribution is 2.21. The molecule has 0 aliphatic heterocycles. The molecule has 1 aliphatic rings. The van der Waals surface area contributed by atoms with Crippen molar-refractivity contribution in [3.8, 4) is 0 Å². The summed E-state index contributed by atoms with van der Waals surface area (Å²) in [4.78, 5) is 0. The maximum atomic E-state index is 5.69. The van der Waals surface area contributed by atoms with Gasteiger partial charge in [-0.1, -0.05) is 19.3 Å². The van der Waals surface area contributed by atoms with Gasteiger partial charge in [0, 0.05) is 0 Å². The fourth-order valence-corrected chi connectivity index (χ4v) is 1.59. The maximum Gasteiger partial charge on any atom is 0.0578 e. The van der Waals surface area contributed by atoms with Crippen molar-refractivity contribution in [3.05, 3.63) is 0 Å². The number of rotatable bonds is 2. The van der Waals surface area contributed by atoms with Gasteiger partial charge in [-0.3, -0.25) is 0 Å². The average Bonchev–Trinajstić information content (AvgIpc) is 1.88. The minimum absolute atomic E-state index is 0.420. The summed E-state index contributed by atoms with van der Waals surface area (Å²) in [6, 6.07) is 0. The van der Waals surface area contributed by atoms with Crippen LogP contribution in [-0.2, 0) is 4.74 Å². The van der Waals surface area contributed by atoms with Crippen molar-refractivity contribution in [2.45, 2.75) is 58.2 Å². The molecule has 1 heteroatoms. The van der Waals surface area contributed by atoms with Crippen molar-refractivity contribution in [1.29, 1.82) is 0 Å². The Balaban J connectivity index is 2.13. The topological polar surface area (TPSA) is 9.23 Å². The van der Waals surface area contributed by atoms with Crippen LogP contribution in [0.3, 0.4) is 0 Å². The van der Waals surface area contributed by atoms with Gasteiger partial charge in [0.05, 0.1) is 12.2 Å². The van der Waals surface area contributed by atoms with Gasteiger partial charge in [-0.15, -0.1) is 0 Å². The van der Waals surface area contributed by atoms with E-state index in [2.05, 4.69) is 13.8 Å². The van der Waals surface area contributed by atoms with Crippen molar-refractivity contribution in [2.75, 3.05) is 0 Å². The Morgan fingerprint density at radius 1 is 1.10 bits per heavy atom. The molecule has 10 heavy (non-hydrogen) atoms. The Bertz CT molecular complexity index is 82.7. The van der Waals surface area contributed by atoms with Crippen LogP contribution in [0.2, 0.25) is 0 Å². The molecule has 0 N–H and O–H groups in total. The van der Waals surface area contributed by atoms with Gasteiger partial charge < -0.3 is 4.74 Å². The van der Waals surface area contributed by atoms with Gasteiger partial charge in [0.2, 0.25) is 0 Å². The lowest BCUT2D eigenvalue weighted by Gasteiger charge is -2.23. The van der Waals surface area contributed by atoms with E-state index in [1.165, 1.54) is 32.1 Å². The summed E-state index contributed by atoms with van der Waals surface area (Å²) >= 11 is 0. The monoisotopic (exact) mass is 142 g/mol. The Morgan fingerprint density at radius 3 is 2.20 bits per heavy atom. The number of hydrogen-bond acceptors (Lipinski definition) is 1. The van der Waals surface area contributed by atoms with E-state index >= 15 is 0 Å². The number of ether oxygens (including phenoxy) is 1. The number of hydrogen-bond donors (Lipinski definition) is 0. The molecular weight excluding hydrogens is 124 g/mol. The molecule has 0 amide bonds. The fourth-order valence-electron chi connectivity index (χ4n) is 1.59. The van der Waals surface area contributed by atoms with E-state index < -0.39 is 0 Å². The van der Waals surface area contributed by atoms with Crippen molar-refractivity contribution >= 4 is 0 Å². The quantitative estimate of drug-likeness (QED) is 0.576. The summed E-state index contributed by atoms with van der Waals surface area (Å²) in [6.45, 7) is 4.24. The van der Waals surface area contributed by atoms with Crippen molar-refractivity contribution in [1.82, 2.24) is 0 Å². The van der Waals surface area contributed by atoms with E-state index in [1.807, 2.05) is 0 Å². The van der Waals surface area contributed by atoms with Crippen LogP contribution in [0.1, 0.15) is 46.0 Å². The van der Waals surface area contributed by atoms with Crippen molar-refractivity contribution in [2.24, 2.45) is 0 Å². The highest BCUT2D eigenvalue weighted by Gasteiger charge is 2.14. The van der Waals surface area contributed by atoms with Crippen LogP contribution >= 0.6 is 0 Å². The van der Waals surface area contributed by atoms with Crippen LogP contribution in [-0.4, -0.2) is 12.2 Å². The van der Waals surface area contributed by atoms with E-state index in [0.717, 1.165) is 0 Å². The first-order chi connectivity index (χ1) is 4.79. The third kappa shape index (κ3) is 2.70. The van der Waals surface area contributed by atoms with E-state index in [-0.39, 0.29) is 0 Å². The van der Waals surface area contributed by atoms with Gasteiger partial charge in [0.25, 0.3) is 0 Å². The van der Waals surface area contributed by atoms with Crippen molar-refractivity contribution < 1.29 is 4.74 Å². The molecule has 1 nitrogen and oxygen atoms in total. The third-order valence-electron chi connectivity index (χ3n) is 2.02. The third-order valence-corrected chi connectivity index (χ3v) is 2.02. The molecule has 0 radical (unpaired) electrons. The first kappa shape index (κ1) is 8.06. The SMILES string of the molecule is CC(C)OC1CCCCC1. The Morgan fingerprint density at radius 2 is 1.70 bits per heavy atom. The Hall–Kier alpha value is -0.0400. The van der Waals surface area contributed by atoms with E-state index in [0.29, 0.717) is 12.2 Å². The fraction of sp³-hybridized carbons (Fsp3) is 1.00. The van der Waals surface area contributed by atoms with E-state index in [1.54, 1.807) is 0 Å². The van der Waals surface area contributed by atoms with Crippen molar-refractivity contribution in [3.63, 3.8) is 0 Å². The summed E-state index contributed by atoms with van der Waals surface area (Å²) in [6.07, 6.45) is 7.74. The zero-order valence-corrected chi connectivity index (χ0v) is 7.10. The molecule has 60 valence electrons. The summed E-state index contributed by atoms with van der Waals surface area (Å²) in [5.41, 5.74) is 0. The molecular formula is C9H18O. The van der Waals surface area contributed by atoms with Crippen LogP contribution in [0, 0.1) is 0 Å². The smallest absolute Gasteiger partial charge is 0.0578 e. The standard InChI is InChI=1S/C9H18O/c1-8(2)10-9-6-4-3-5-7-9/h8-9H,3-7H2,1-2H3. The first-order valence-electron chi connectivity index (χ1n) is 4.44. The van der Waals surface area contributed by atoms with Gasteiger partial charge in [-0.05, 0) is 26.7 Å². The van der Waals surface area contributed by atoms with Crippen LogP contribution in [0.4, 0.5) is 0 Å². The second kappa shape index (κ2) is 3.97. The molecule has 0 aromatic rings. The molecule has 0 bridgehead atoms. The van der Waals surface area contributed by atoms with E-state index in [4.69, 9.17) is 4.74 Å². The van der Waals surface area contributed by atoms with Gasteiger partial charge in [-0.2, -0.15) is 0 Å². The lowest BCUT2D eigenvalue weighted by Crippen LogP contribution is -2.20. The highest BCUT2D eigenvalue weighted by atomic mass is 16.5. The summed E-state index contributed by atoms with van der Waals surface area (Å²) < 4.78 is 5.69. The molecule has 0 aromatic carbocycles. The molecule has 0 atom stereocenters. The van der Waals surface area contributed by atoms with Gasteiger partial charge in [-0.25, -0.2) is 0 Å². The molecule has 1 saturated carbocycles. The van der Waals surface area contributed by atoms with Crippen LogP contribution in [0.25, 0.3) is 0 Å². The minimum Gasteiger partial charge on any atom is -0.376 e. The molecule has 0 unspecified atom stereocenters. The average molecular weight is 142 g/mol. The molecule has 1 fully saturated rings. The normalized spacial score (nSPS) is 21.9. The second-order valence-corrected chi connectivity index (χ2v) is 3.44. The molecule has 0 saturated heterocycles. The maximum absolute atomic E-state index is 5.69. The Labute approximate surface area is 63.8 Å². The van der Waals surface area contributed by atoms with Crippen LogP contribution in [0.15, 0.2) is 0 Å². The lowest BCUT2D eigenvalue weighted by atomic mass is 9.98. The molecule has 1 rings (SSSR count). The van der Waals surface area contributed by atoms with Crippen LogP contribution in [0.5, 0.6) is 0 Å². The Kier molecular flexibility index (Phi) is 3.20. The molecule has 0 aromatic heterocycles. The summed E-state index contributed by atoms with van der Waals surface area (Å²) in [7, 11) is 0. The van der Waals surface area contributed by atoms with Gasteiger partial charge >= 0.3 is 0 Å². The van der Waals surface area contributed by atoms with E-state index in [9.17, 15) is 0 Å². The summed E-state index contributed by atoms with van der Waals surface area (Å²) in [5, 5.41) is 0. The van der Waals surface area contributed by atoms with Crippen LogP contribution < -0.4 is 0 Å². The van der Waals surface area contributed by atoms with Gasteiger partial charge in [0.1, 0.15) is 0 Å². The second-order valence-electron chi connectivity index (χ2n) is 3.44. The molecule has 0 spiro atoms. The zero-order valence-electron chi connectivity index (χ0n) is 7.10. The van der Waals surface area contributed by atoms with Gasteiger partial charge in [0.15, 0.2) is 0 Å². The predicted octanol–water partition coefficient (Wildman–Crippen LogP) is 2.74. The summed E-state index contributed by atoms with van der Waals surface area (Å²) in [5.74, 6) is 0. The zero-order chi connectivity index (χ0) is 7.40. The largest absolute Gasteiger partial charge is 0.376 e. The minimum atomic E-state index is 0.420. The highest BCUT2D eigenvalue weighted by molar-refractivity contribution is 4.65. The first-order valence-corrected chi connectivity index (χ1v) is 4.44. The molecule has 0 heterocycles. The predicted molar refractivity (Wildman–Crippen MR) is 43.1 cm³/mol.